The van der Waals surface area contributed by atoms with Crippen LogP contribution in [0.2, 0.25) is 0 Å². The monoisotopic (exact) mass is 224 g/mol. The van der Waals surface area contributed by atoms with Gasteiger partial charge in [0.15, 0.2) is 17.8 Å². The first-order chi connectivity index (χ1) is 7.69. The molecular weight excluding hydrogens is 212 g/mol. The highest BCUT2D eigenvalue weighted by Crippen LogP contribution is 2.29. The third-order valence-corrected chi connectivity index (χ3v) is 1.91. The van der Waals surface area contributed by atoms with Crippen LogP contribution in [0.3, 0.4) is 0 Å². The lowest BCUT2D eigenvalue weighted by Gasteiger charge is -2.07. The number of aliphatic hydroxyl groups excluding tert-OH is 1. The lowest BCUT2D eigenvalue weighted by atomic mass is 10.2. The average Bonchev–Trinajstić information content (AvgIpc) is 2.29. The number of ether oxygens (including phenoxy) is 1. The molecule has 0 radical (unpaired) electrons. The first-order valence-corrected chi connectivity index (χ1v) is 4.77. The maximum Gasteiger partial charge on any atom is 0.311 e. The number of carbonyl (C=O) groups is 2. The molecule has 0 saturated carbocycles. The highest BCUT2D eigenvalue weighted by Gasteiger charge is 2.12. The van der Waals surface area contributed by atoms with Gasteiger partial charge in [-0.2, -0.15) is 0 Å². The number of aldehydes is 1. The molecule has 0 spiro atoms. The Hall–Kier alpha value is -1.88. The molecule has 2 N–H and O–H groups in total. The van der Waals surface area contributed by atoms with Gasteiger partial charge < -0.3 is 14.9 Å². The summed E-state index contributed by atoms with van der Waals surface area (Å²) in [6.45, 7) is -0.115. The minimum atomic E-state index is -0.598. The summed E-state index contributed by atoms with van der Waals surface area (Å²) in [5.74, 6) is -0.999. The largest absolute Gasteiger partial charge is 0.504 e. The molecule has 0 saturated heterocycles. The predicted octanol–water partition coefficient (Wildman–Crippen LogP) is 0.883. The van der Waals surface area contributed by atoms with Gasteiger partial charge in [0.2, 0.25) is 0 Å². The molecule has 0 unspecified atom stereocenters. The zero-order chi connectivity index (χ0) is 12.0. The number of carbonyl (C=O) groups excluding carboxylic acids is 2. The molecule has 86 valence electrons. The van der Waals surface area contributed by atoms with Gasteiger partial charge in [0, 0.05) is 13.0 Å². The van der Waals surface area contributed by atoms with Crippen LogP contribution in [-0.4, -0.2) is 29.1 Å². The Morgan fingerprint density at radius 1 is 1.44 bits per heavy atom. The van der Waals surface area contributed by atoms with Crippen molar-refractivity contribution in [1.82, 2.24) is 0 Å². The van der Waals surface area contributed by atoms with E-state index in [1.165, 1.54) is 18.2 Å². The lowest BCUT2D eigenvalue weighted by Crippen LogP contribution is -2.09. The zero-order valence-corrected chi connectivity index (χ0v) is 8.55. The summed E-state index contributed by atoms with van der Waals surface area (Å²) in [7, 11) is 0. The van der Waals surface area contributed by atoms with E-state index in [0.29, 0.717) is 6.29 Å². The van der Waals surface area contributed by atoms with Crippen molar-refractivity contribution in [3.05, 3.63) is 23.8 Å². The Morgan fingerprint density at radius 3 is 2.81 bits per heavy atom. The summed E-state index contributed by atoms with van der Waals surface area (Å²) >= 11 is 0. The number of hydrogen-bond acceptors (Lipinski definition) is 5. The molecule has 1 rings (SSSR count). The number of rotatable bonds is 5. The molecular formula is C11H12O5. The van der Waals surface area contributed by atoms with Crippen molar-refractivity contribution >= 4 is 12.3 Å². The first-order valence-electron chi connectivity index (χ1n) is 4.77. The number of phenolic OH excluding ortho intramolecular Hbond substituents is 1. The predicted molar refractivity (Wildman–Crippen MR) is 55.4 cm³/mol. The fraction of sp³-hybridized carbons (Fsp3) is 0.273. The van der Waals surface area contributed by atoms with E-state index in [9.17, 15) is 14.7 Å². The third-order valence-electron chi connectivity index (χ3n) is 1.91. The van der Waals surface area contributed by atoms with Gasteiger partial charge in [0.25, 0.3) is 0 Å². The second-order valence-corrected chi connectivity index (χ2v) is 3.11. The van der Waals surface area contributed by atoms with Crippen LogP contribution in [0.4, 0.5) is 0 Å². The van der Waals surface area contributed by atoms with E-state index in [-0.39, 0.29) is 36.5 Å². The second kappa shape index (κ2) is 5.87. The van der Waals surface area contributed by atoms with Crippen molar-refractivity contribution in [2.75, 3.05) is 6.61 Å². The molecule has 0 amide bonds. The van der Waals surface area contributed by atoms with Crippen LogP contribution in [0.5, 0.6) is 11.5 Å². The topological polar surface area (TPSA) is 83.8 Å². The molecule has 0 aliphatic rings. The number of hydrogen-bond donors (Lipinski definition) is 2. The number of phenols is 1. The van der Waals surface area contributed by atoms with E-state index in [1.807, 2.05) is 0 Å². The van der Waals surface area contributed by atoms with Crippen LogP contribution in [0, 0.1) is 0 Å². The van der Waals surface area contributed by atoms with Crippen LogP contribution >= 0.6 is 0 Å². The van der Waals surface area contributed by atoms with Gasteiger partial charge >= 0.3 is 5.97 Å². The van der Waals surface area contributed by atoms with Gasteiger partial charge in [0.05, 0.1) is 5.56 Å². The Bertz CT molecular complexity index is 386. The summed E-state index contributed by atoms with van der Waals surface area (Å²) < 4.78 is 4.84. The zero-order valence-electron chi connectivity index (χ0n) is 8.55. The lowest BCUT2D eigenvalue weighted by molar-refractivity contribution is -0.134. The summed E-state index contributed by atoms with van der Waals surface area (Å²) in [4.78, 5) is 21.9. The Kier molecular flexibility index (Phi) is 4.47. The number of benzene rings is 1. The maximum atomic E-state index is 11.2. The van der Waals surface area contributed by atoms with E-state index in [1.54, 1.807) is 0 Å². The van der Waals surface area contributed by atoms with E-state index in [4.69, 9.17) is 9.84 Å². The second-order valence-electron chi connectivity index (χ2n) is 3.11. The fourth-order valence-corrected chi connectivity index (χ4v) is 1.13. The molecule has 0 aliphatic heterocycles. The summed E-state index contributed by atoms with van der Waals surface area (Å²) in [6, 6.07) is 4.23. The van der Waals surface area contributed by atoms with E-state index in [2.05, 4.69) is 0 Å². The molecule has 0 aliphatic carbocycles. The summed E-state index contributed by atoms with van der Waals surface area (Å²) in [5.41, 5.74) is 0.109. The van der Waals surface area contributed by atoms with Gasteiger partial charge in [-0.05, 0) is 18.6 Å². The van der Waals surface area contributed by atoms with Gasteiger partial charge in [0.1, 0.15) is 0 Å². The standard InChI is InChI=1S/C11H12O5/c12-6-2-5-10(15)16-11-8(7-13)3-1-4-9(11)14/h1,3-4,7,12,14H,2,5-6H2. The number of aromatic hydroxyl groups is 1. The van der Waals surface area contributed by atoms with E-state index in [0.717, 1.165) is 0 Å². The number of para-hydroxylation sites is 1. The van der Waals surface area contributed by atoms with E-state index < -0.39 is 5.97 Å². The van der Waals surface area contributed by atoms with Gasteiger partial charge in [-0.1, -0.05) is 6.07 Å². The molecule has 0 atom stereocenters. The van der Waals surface area contributed by atoms with Gasteiger partial charge in [-0.25, -0.2) is 0 Å². The first kappa shape index (κ1) is 12.2. The number of aliphatic hydroxyl groups is 1. The smallest absolute Gasteiger partial charge is 0.311 e. The van der Waals surface area contributed by atoms with Crippen molar-refractivity contribution in [3.8, 4) is 11.5 Å². The fourth-order valence-electron chi connectivity index (χ4n) is 1.13. The summed E-state index contributed by atoms with van der Waals surface area (Å²) in [5, 5.41) is 17.9. The molecule has 1 aromatic carbocycles. The quantitative estimate of drug-likeness (QED) is 0.440. The molecule has 0 aromatic heterocycles. The maximum absolute atomic E-state index is 11.2. The van der Waals surface area contributed by atoms with Crippen LogP contribution in [0.25, 0.3) is 0 Å². The van der Waals surface area contributed by atoms with Crippen molar-refractivity contribution < 1.29 is 24.5 Å². The molecule has 0 heterocycles. The Balaban J connectivity index is 2.79. The van der Waals surface area contributed by atoms with Crippen molar-refractivity contribution in [2.45, 2.75) is 12.8 Å². The van der Waals surface area contributed by atoms with E-state index >= 15 is 0 Å². The van der Waals surface area contributed by atoms with Crippen LogP contribution in [0.1, 0.15) is 23.2 Å². The third kappa shape index (κ3) is 3.06. The minimum Gasteiger partial charge on any atom is -0.504 e. The highest BCUT2D eigenvalue weighted by molar-refractivity contribution is 5.84. The van der Waals surface area contributed by atoms with Crippen LogP contribution in [-0.2, 0) is 4.79 Å². The van der Waals surface area contributed by atoms with Crippen molar-refractivity contribution in [1.29, 1.82) is 0 Å². The Morgan fingerprint density at radius 2 is 2.19 bits per heavy atom. The normalized spacial score (nSPS) is 9.81. The van der Waals surface area contributed by atoms with Gasteiger partial charge in [-0.15, -0.1) is 0 Å². The SMILES string of the molecule is O=Cc1cccc(O)c1OC(=O)CCCO. The summed E-state index contributed by atoms with van der Waals surface area (Å²) in [6.07, 6.45) is 0.806. The Labute approximate surface area is 92.3 Å². The minimum absolute atomic E-state index is 0.0309. The molecule has 0 fully saturated rings. The molecule has 5 nitrogen and oxygen atoms in total. The number of esters is 1. The van der Waals surface area contributed by atoms with Crippen LogP contribution in [0.15, 0.2) is 18.2 Å². The molecule has 0 bridgehead atoms. The van der Waals surface area contributed by atoms with Gasteiger partial charge in [-0.3, -0.25) is 9.59 Å². The van der Waals surface area contributed by atoms with Crippen LogP contribution < -0.4 is 4.74 Å². The highest BCUT2D eigenvalue weighted by atomic mass is 16.5. The van der Waals surface area contributed by atoms with Crippen molar-refractivity contribution in [3.63, 3.8) is 0 Å². The molecule has 5 heteroatoms. The molecule has 16 heavy (non-hydrogen) atoms. The average molecular weight is 224 g/mol. The molecule has 1 aromatic rings. The van der Waals surface area contributed by atoms with Crippen molar-refractivity contribution in [2.24, 2.45) is 0 Å².